The van der Waals surface area contributed by atoms with Gasteiger partial charge in [-0.05, 0) is 12.8 Å². The molecule has 13 heavy (non-hydrogen) atoms. The van der Waals surface area contributed by atoms with Crippen molar-refractivity contribution in [1.29, 1.82) is 0 Å². The van der Waals surface area contributed by atoms with E-state index in [1.807, 2.05) is 0 Å². The van der Waals surface area contributed by atoms with E-state index in [2.05, 4.69) is 24.3 Å². The second kappa shape index (κ2) is 5.91. The Morgan fingerprint density at radius 1 is 1.00 bits per heavy atom. The Balaban J connectivity index is 0.000000184. The van der Waals surface area contributed by atoms with Gasteiger partial charge in [-0.25, -0.2) is 0 Å². The number of hydrogen-bond donors (Lipinski definition) is 2. The molecule has 2 aliphatic rings. The minimum atomic E-state index is -0.125. The minimum absolute atomic E-state index is 0.125. The topological polar surface area (TPSA) is 49.7 Å². The summed E-state index contributed by atoms with van der Waals surface area (Å²) in [6, 6.07) is 0. The highest BCUT2D eigenvalue weighted by atomic mass is 16.5. The van der Waals surface area contributed by atoms with Crippen molar-refractivity contribution in [1.82, 2.24) is 0 Å². The lowest BCUT2D eigenvalue weighted by molar-refractivity contribution is 0.0273. The second-order valence-corrected chi connectivity index (χ2v) is 2.99. The molecule has 74 valence electrons. The van der Waals surface area contributed by atoms with Gasteiger partial charge >= 0.3 is 0 Å². The number of ether oxygens (including phenoxy) is 1. The van der Waals surface area contributed by atoms with E-state index in [0.717, 1.165) is 12.8 Å². The summed E-state index contributed by atoms with van der Waals surface area (Å²) in [5.74, 6) is 0. The monoisotopic (exact) mass is 184 g/mol. The Morgan fingerprint density at radius 2 is 1.38 bits per heavy atom. The quantitative estimate of drug-likeness (QED) is 0.632. The summed E-state index contributed by atoms with van der Waals surface area (Å²) in [7, 11) is 0. The van der Waals surface area contributed by atoms with Crippen molar-refractivity contribution >= 4 is 0 Å². The van der Waals surface area contributed by atoms with E-state index in [0.29, 0.717) is 12.2 Å². The van der Waals surface area contributed by atoms with Gasteiger partial charge in [-0.15, -0.1) is 0 Å². The molecule has 0 aromatic heterocycles. The molecule has 3 heteroatoms. The lowest BCUT2D eigenvalue weighted by Crippen LogP contribution is -2.24. The van der Waals surface area contributed by atoms with E-state index in [4.69, 9.17) is 14.9 Å². The Morgan fingerprint density at radius 3 is 1.54 bits per heavy atom. The number of hydrogen-bond acceptors (Lipinski definition) is 3. The van der Waals surface area contributed by atoms with Crippen LogP contribution in [0.4, 0.5) is 0 Å². The third-order valence-electron chi connectivity index (χ3n) is 1.89. The first-order valence-electron chi connectivity index (χ1n) is 4.57. The maximum atomic E-state index is 7.62. The van der Waals surface area contributed by atoms with Crippen molar-refractivity contribution < 1.29 is 14.9 Å². The standard InChI is InChI=1S/C8H10O.C2H6O2/c1-3-7(4-1)9-8-5-2-6-8;3-1-2-4/h1-3,5,7-8H,4,6H2;3-4H,1-2H2. The second-order valence-electron chi connectivity index (χ2n) is 2.99. The Hall–Kier alpha value is -0.640. The largest absolute Gasteiger partial charge is 0.394 e. The van der Waals surface area contributed by atoms with Crippen LogP contribution < -0.4 is 0 Å². The summed E-state index contributed by atoms with van der Waals surface area (Å²) in [6.45, 7) is -0.250. The predicted octanol–water partition coefficient (Wildman–Crippen LogP) is 0.631. The molecule has 2 aliphatic carbocycles. The molecular formula is C10H16O3. The van der Waals surface area contributed by atoms with Crippen molar-refractivity contribution in [3.8, 4) is 0 Å². The average molecular weight is 184 g/mol. The number of rotatable bonds is 3. The highest BCUT2D eigenvalue weighted by molar-refractivity contribution is 5.08. The van der Waals surface area contributed by atoms with E-state index in [1.165, 1.54) is 0 Å². The predicted molar refractivity (Wildman–Crippen MR) is 50.3 cm³/mol. The molecule has 2 unspecified atom stereocenters. The highest BCUT2D eigenvalue weighted by Gasteiger charge is 2.17. The molecule has 0 aromatic rings. The highest BCUT2D eigenvalue weighted by Crippen LogP contribution is 2.20. The fraction of sp³-hybridized carbons (Fsp3) is 0.600. The van der Waals surface area contributed by atoms with Crippen LogP contribution in [0.2, 0.25) is 0 Å². The summed E-state index contributed by atoms with van der Waals surface area (Å²) in [6.07, 6.45) is 11.6. The van der Waals surface area contributed by atoms with Gasteiger partial charge in [-0.1, -0.05) is 24.3 Å². The molecule has 0 aliphatic heterocycles. The maximum Gasteiger partial charge on any atom is 0.0798 e. The van der Waals surface area contributed by atoms with Gasteiger partial charge < -0.3 is 14.9 Å². The van der Waals surface area contributed by atoms with E-state index in [-0.39, 0.29) is 13.2 Å². The van der Waals surface area contributed by atoms with Crippen LogP contribution in [-0.2, 0) is 4.74 Å². The Labute approximate surface area is 78.3 Å². The normalized spacial score (nSPS) is 28.5. The summed E-state index contributed by atoms with van der Waals surface area (Å²) < 4.78 is 5.55. The zero-order chi connectivity index (χ0) is 9.52. The Bertz CT molecular complexity index is 167. The summed E-state index contributed by atoms with van der Waals surface area (Å²) in [5.41, 5.74) is 0. The fourth-order valence-corrected chi connectivity index (χ4v) is 0.921. The van der Waals surface area contributed by atoms with Gasteiger partial charge in [0.1, 0.15) is 0 Å². The van der Waals surface area contributed by atoms with Gasteiger partial charge in [-0.2, -0.15) is 0 Å². The third kappa shape index (κ3) is 3.72. The van der Waals surface area contributed by atoms with Gasteiger partial charge in [0.2, 0.25) is 0 Å². The van der Waals surface area contributed by atoms with Crippen LogP contribution in [0.25, 0.3) is 0 Å². The van der Waals surface area contributed by atoms with Crippen LogP contribution >= 0.6 is 0 Å². The summed E-state index contributed by atoms with van der Waals surface area (Å²) >= 11 is 0. The summed E-state index contributed by atoms with van der Waals surface area (Å²) in [4.78, 5) is 0. The first-order chi connectivity index (χ1) is 6.36. The molecule has 0 heterocycles. The molecule has 0 radical (unpaired) electrons. The molecule has 0 saturated heterocycles. The van der Waals surface area contributed by atoms with E-state index >= 15 is 0 Å². The van der Waals surface area contributed by atoms with Gasteiger partial charge in [-0.3, -0.25) is 0 Å². The van der Waals surface area contributed by atoms with Crippen LogP contribution in [0.5, 0.6) is 0 Å². The molecule has 0 aromatic carbocycles. The van der Waals surface area contributed by atoms with Crippen molar-refractivity contribution in [2.45, 2.75) is 25.0 Å². The molecule has 0 fully saturated rings. The van der Waals surface area contributed by atoms with E-state index in [1.54, 1.807) is 0 Å². The molecule has 2 rings (SSSR count). The minimum Gasteiger partial charge on any atom is -0.394 e. The van der Waals surface area contributed by atoms with Gasteiger partial charge in [0.15, 0.2) is 0 Å². The number of aliphatic hydroxyl groups excluding tert-OH is 2. The maximum absolute atomic E-state index is 7.62. The first kappa shape index (κ1) is 10.4. The van der Waals surface area contributed by atoms with Crippen LogP contribution in [0.1, 0.15) is 12.8 Å². The zero-order valence-corrected chi connectivity index (χ0v) is 7.60. The van der Waals surface area contributed by atoms with Gasteiger partial charge in [0.05, 0.1) is 25.4 Å². The van der Waals surface area contributed by atoms with E-state index in [9.17, 15) is 0 Å². The molecule has 0 spiro atoms. The zero-order valence-electron chi connectivity index (χ0n) is 7.60. The van der Waals surface area contributed by atoms with Crippen molar-refractivity contribution in [2.24, 2.45) is 0 Å². The lowest BCUT2D eigenvalue weighted by Gasteiger charge is -2.26. The third-order valence-corrected chi connectivity index (χ3v) is 1.89. The molecule has 0 bridgehead atoms. The first-order valence-corrected chi connectivity index (χ1v) is 4.57. The fourth-order valence-electron chi connectivity index (χ4n) is 0.921. The molecule has 0 amide bonds. The molecule has 2 N–H and O–H groups in total. The van der Waals surface area contributed by atoms with Crippen molar-refractivity contribution in [3.63, 3.8) is 0 Å². The summed E-state index contributed by atoms with van der Waals surface area (Å²) in [5, 5.41) is 15.2. The van der Waals surface area contributed by atoms with Crippen LogP contribution in [-0.4, -0.2) is 35.6 Å². The van der Waals surface area contributed by atoms with Crippen molar-refractivity contribution in [3.05, 3.63) is 24.3 Å². The molecule has 2 atom stereocenters. The molecule has 0 saturated carbocycles. The smallest absolute Gasteiger partial charge is 0.0798 e. The average Bonchev–Trinajstić information content (AvgIpc) is 1.99. The lowest BCUT2D eigenvalue weighted by atomic mass is 10.0. The molecule has 3 nitrogen and oxygen atoms in total. The van der Waals surface area contributed by atoms with E-state index < -0.39 is 0 Å². The van der Waals surface area contributed by atoms with Crippen LogP contribution in [0.15, 0.2) is 24.3 Å². The number of aliphatic hydroxyl groups is 2. The Kier molecular flexibility index (Phi) is 4.75. The van der Waals surface area contributed by atoms with Crippen molar-refractivity contribution in [2.75, 3.05) is 13.2 Å². The van der Waals surface area contributed by atoms with Crippen LogP contribution in [0.3, 0.4) is 0 Å². The van der Waals surface area contributed by atoms with Gasteiger partial charge in [0.25, 0.3) is 0 Å². The SMILES string of the molecule is C1=CC(OC2C=CC2)C1.OCCO. The van der Waals surface area contributed by atoms with Gasteiger partial charge in [0, 0.05) is 0 Å². The molecular weight excluding hydrogens is 168 g/mol. The van der Waals surface area contributed by atoms with Crippen LogP contribution in [0, 0.1) is 0 Å².